The van der Waals surface area contributed by atoms with Crippen LogP contribution >= 0.6 is 0 Å². The number of esters is 1. The Kier molecular flexibility index (Phi) is 4.42. The highest BCUT2D eigenvalue weighted by Crippen LogP contribution is 2.14. The minimum absolute atomic E-state index is 0.170. The van der Waals surface area contributed by atoms with Crippen molar-refractivity contribution in [1.82, 2.24) is 4.90 Å². The second-order valence-corrected chi connectivity index (χ2v) is 4.68. The smallest absolute Gasteiger partial charge is 0.416 e. The van der Waals surface area contributed by atoms with Crippen LogP contribution < -0.4 is 4.90 Å². The zero-order valence-electron chi connectivity index (χ0n) is 11.9. The van der Waals surface area contributed by atoms with Crippen LogP contribution in [-0.2, 0) is 14.3 Å². The van der Waals surface area contributed by atoms with Crippen LogP contribution in [0, 0.1) is 0 Å². The number of anilines is 1. The van der Waals surface area contributed by atoms with Gasteiger partial charge in [-0.2, -0.15) is 0 Å². The summed E-state index contributed by atoms with van der Waals surface area (Å²) in [6.45, 7) is -0.130. The minimum atomic E-state index is -0.703. The third kappa shape index (κ3) is 3.50. The van der Waals surface area contributed by atoms with Gasteiger partial charge < -0.3 is 14.4 Å². The molecular formula is C14H16N2O5. The van der Waals surface area contributed by atoms with Gasteiger partial charge in [-0.15, -0.1) is 0 Å². The van der Waals surface area contributed by atoms with Crippen LogP contribution in [-0.4, -0.2) is 56.7 Å². The first-order valence-corrected chi connectivity index (χ1v) is 6.40. The average Bonchev–Trinajstić information content (AvgIpc) is 2.90. The quantitative estimate of drug-likeness (QED) is 0.767. The van der Waals surface area contributed by atoms with Crippen LogP contribution in [0.4, 0.5) is 10.5 Å². The Morgan fingerprint density at radius 1 is 1.38 bits per heavy atom. The molecule has 0 bridgehead atoms. The van der Waals surface area contributed by atoms with Crippen molar-refractivity contribution < 1.29 is 23.9 Å². The molecule has 1 saturated heterocycles. The fourth-order valence-electron chi connectivity index (χ4n) is 1.82. The van der Waals surface area contributed by atoms with Crippen molar-refractivity contribution in [2.75, 3.05) is 38.8 Å². The Morgan fingerprint density at radius 3 is 2.76 bits per heavy atom. The number of cyclic esters (lactones) is 1. The average molecular weight is 292 g/mol. The van der Waals surface area contributed by atoms with Gasteiger partial charge in [-0.05, 0) is 18.2 Å². The molecule has 112 valence electrons. The van der Waals surface area contributed by atoms with Crippen LogP contribution in [0.25, 0.3) is 0 Å². The van der Waals surface area contributed by atoms with E-state index in [4.69, 9.17) is 4.74 Å². The maximum Gasteiger partial charge on any atom is 0.416 e. The fourth-order valence-corrected chi connectivity index (χ4v) is 1.82. The molecule has 7 heteroatoms. The summed E-state index contributed by atoms with van der Waals surface area (Å²) < 4.78 is 9.57. The molecule has 0 unspecified atom stereocenters. The van der Waals surface area contributed by atoms with Gasteiger partial charge in [0.2, 0.25) is 0 Å². The summed E-state index contributed by atoms with van der Waals surface area (Å²) in [6, 6.07) is 6.84. The normalized spacial score (nSPS) is 13.8. The van der Waals surface area contributed by atoms with Gasteiger partial charge in [0.1, 0.15) is 6.61 Å². The van der Waals surface area contributed by atoms with Crippen molar-refractivity contribution in [3.05, 3.63) is 29.8 Å². The van der Waals surface area contributed by atoms with Gasteiger partial charge in [0, 0.05) is 19.8 Å². The van der Waals surface area contributed by atoms with Gasteiger partial charge in [-0.3, -0.25) is 4.79 Å². The number of benzene rings is 1. The van der Waals surface area contributed by atoms with Crippen LogP contribution in [0.1, 0.15) is 10.4 Å². The third-order valence-electron chi connectivity index (χ3n) is 2.99. The SMILES string of the molecule is CN(C)c1cccc(C(=O)OCC(=O)N2CCOC2=O)c1. The van der Waals surface area contributed by atoms with E-state index in [1.807, 2.05) is 25.1 Å². The van der Waals surface area contributed by atoms with Crippen LogP contribution in [0.3, 0.4) is 0 Å². The molecule has 0 radical (unpaired) electrons. The minimum Gasteiger partial charge on any atom is -0.452 e. The van der Waals surface area contributed by atoms with E-state index in [-0.39, 0.29) is 13.2 Å². The maximum atomic E-state index is 11.9. The predicted molar refractivity (Wildman–Crippen MR) is 74.1 cm³/mol. The number of imide groups is 1. The summed E-state index contributed by atoms with van der Waals surface area (Å²) in [7, 11) is 3.71. The van der Waals surface area contributed by atoms with E-state index in [1.165, 1.54) is 0 Å². The molecule has 0 aromatic heterocycles. The fraction of sp³-hybridized carbons (Fsp3) is 0.357. The number of amides is 2. The van der Waals surface area contributed by atoms with E-state index in [9.17, 15) is 14.4 Å². The Bertz CT molecular complexity index is 570. The number of carbonyl (C=O) groups is 3. The largest absolute Gasteiger partial charge is 0.452 e. The molecule has 1 aliphatic heterocycles. The third-order valence-corrected chi connectivity index (χ3v) is 2.99. The maximum absolute atomic E-state index is 11.9. The molecule has 0 aliphatic carbocycles. The lowest BCUT2D eigenvalue weighted by Gasteiger charge is -2.14. The van der Waals surface area contributed by atoms with E-state index < -0.39 is 24.6 Å². The summed E-state index contributed by atoms with van der Waals surface area (Å²) in [6.07, 6.45) is -0.703. The first-order chi connectivity index (χ1) is 9.99. The van der Waals surface area contributed by atoms with Crippen LogP contribution in [0.15, 0.2) is 24.3 Å². The van der Waals surface area contributed by atoms with Gasteiger partial charge in [-0.25, -0.2) is 14.5 Å². The highest BCUT2D eigenvalue weighted by Gasteiger charge is 2.29. The molecule has 7 nitrogen and oxygen atoms in total. The van der Waals surface area contributed by atoms with Crippen molar-refractivity contribution >= 4 is 23.7 Å². The number of rotatable bonds is 4. The molecule has 0 N–H and O–H groups in total. The molecule has 1 heterocycles. The zero-order chi connectivity index (χ0) is 15.4. The number of carbonyl (C=O) groups excluding carboxylic acids is 3. The van der Waals surface area contributed by atoms with E-state index in [0.29, 0.717) is 5.56 Å². The molecule has 1 fully saturated rings. The predicted octanol–water partition coefficient (Wildman–Crippen LogP) is 0.888. The monoisotopic (exact) mass is 292 g/mol. The van der Waals surface area contributed by atoms with Crippen molar-refractivity contribution in [3.63, 3.8) is 0 Å². The lowest BCUT2D eigenvalue weighted by molar-refractivity contribution is -0.131. The highest BCUT2D eigenvalue weighted by molar-refractivity contribution is 5.96. The molecule has 21 heavy (non-hydrogen) atoms. The Morgan fingerprint density at radius 2 is 2.14 bits per heavy atom. The van der Waals surface area contributed by atoms with E-state index >= 15 is 0 Å². The number of hydrogen-bond donors (Lipinski definition) is 0. The topological polar surface area (TPSA) is 76.2 Å². The summed E-state index contributed by atoms with van der Waals surface area (Å²) in [4.78, 5) is 37.6. The van der Waals surface area contributed by atoms with Crippen LogP contribution in [0.5, 0.6) is 0 Å². The second-order valence-electron chi connectivity index (χ2n) is 4.68. The van der Waals surface area contributed by atoms with Crippen molar-refractivity contribution in [3.8, 4) is 0 Å². The lowest BCUT2D eigenvalue weighted by Crippen LogP contribution is -2.35. The lowest BCUT2D eigenvalue weighted by atomic mass is 10.2. The van der Waals surface area contributed by atoms with Crippen LogP contribution in [0.2, 0.25) is 0 Å². The van der Waals surface area contributed by atoms with E-state index in [2.05, 4.69) is 4.74 Å². The molecule has 0 spiro atoms. The van der Waals surface area contributed by atoms with Gasteiger partial charge in [0.05, 0.1) is 12.1 Å². The zero-order valence-corrected chi connectivity index (χ0v) is 11.9. The standard InChI is InChI=1S/C14H16N2O5/c1-15(2)11-5-3-4-10(8-11)13(18)21-9-12(17)16-6-7-20-14(16)19/h3-5,8H,6-7,9H2,1-2H3. The molecular weight excluding hydrogens is 276 g/mol. The summed E-state index contributed by atoms with van der Waals surface area (Å²) >= 11 is 0. The second kappa shape index (κ2) is 6.25. The first-order valence-electron chi connectivity index (χ1n) is 6.40. The Balaban J connectivity index is 1.94. The molecule has 1 aliphatic rings. The number of nitrogens with zero attached hydrogens (tertiary/aromatic N) is 2. The molecule has 0 atom stereocenters. The van der Waals surface area contributed by atoms with Gasteiger partial charge in [-0.1, -0.05) is 6.07 Å². The van der Waals surface area contributed by atoms with E-state index in [1.54, 1.807) is 18.2 Å². The first kappa shape index (κ1) is 14.8. The summed E-state index contributed by atoms with van der Waals surface area (Å²) in [5.74, 6) is -1.20. The van der Waals surface area contributed by atoms with Crippen molar-refractivity contribution in [2.24, 2.45) is 0 Å². The number of hydrogen-bond acceptors (Lipinski definition) is 6. The molecule has 2 rings (SSSR count). The Labute approximate surface area is 122 Å². The van der Waals surface area contributed by atoms with Crippen molar-refractivity contribution in [2.45, 2.75) is 0 Å². The number of ether oxygens (including phenoxy) is 2. The van der Waals surface area contributed by atoms with Gasteiger partial charge in [0.15, 0.2) is 6.61 Å². The highest BCUT2D eigenvalue weighted by atomic mass is 16.6. The van der Waals surface area contributed by atoms with E-state index in [0.717, 1.165) is 10.6 Å². The molecule has 1 aromatic carbocycles. The van der Waals surface area contributed by atoms with Crippen molar-refractivity contribution in [1.29, 1.82) is 0 Å². The molecule has 0 saturated carbocycles. The molecule has 2 amide bonds. The molecule has 1 aromatic rings. The van der Waals surface area contributed by atoms with Gasteiger partial charge in [0.25, 0.3) is 5.91 Å². The summed E-state index contributed by atoms with van der Waals surface area (Å²) in [5, 5.41) is 0. The van der Waals surface area contributed by atoms with Gasteiger partial charge >= 0.3 is 12.1 Å². The summed E-state index contributed by atoms with van der Waals surface area (Å²) in [5.41, 5.74) is 1.19. The Hall–Kier alpha value is -2.57.